The maximum atomic E-state index is 13.7. The van der Waals surface area contributed by atoms with Gasteiger partial charge in [0.2, 0.25) is 5.91 Å². The van der Waals surface area contributed by atoms with Crippen LogP contribution in [-0.2, 0) is 24.2 Å². The number of aromatic nitrogens is 1. The van der Waals surface area contributed by atoms with Crippen molar-refractivity contribution in [2.45, 2.75) is 40.2 Å². The van der Waals surface area contributed by atoms with E-state index in [1.54, 1.807) is 0 Å². The Bertz CT molecular complexity index is 1160. The molecule has 2 N–H and O–H groups in total. The number of nitrogens with zero attached hydrogens (tertiary/aromatic N) is 2. The Kier molecular flexibility index (Phi) is 6.00. The van der Waals surface area contributed by atoms with E-state index in [1.807, 2.05) is 49.4 Å². The lowest BCUT2D eigenvalue weighted by molar-refractivity contribution is -0.114. The molecule has 6 heteroatoms. The van der Waals surface area contributed by atoms with Crippen molar-refractivity contribution in [2.75, 3.05) is 23.7 Å². The standard InChI is InChI=1S/C25H28N4O2/c1-4-17-10-11-18(26-16(3)30)14-23(17)28-25(31)24-19-8-6-7-9-21(19)27-22-12-13-29(5-2)15-20(22)24/h6-11,14H,4-5,12-13,15H2,1-3H3,(H,26,30)(H,28,31). The number of anilines is 2. The average Bonchev–Trinajstić information content (AvgIpc) is 2.76. The number of hydrogen-bond acceptors (Lipinski definition) is 4. The van der Waals surface area contributed by atoms with Gasteiger partial charge in [-0.3, -0.25) is 19.5 Å². The first-order chi connectivity index (χ1) is 15.0. The second kappa shape index (κ2) is 8.86. The maximum Gasteiger partial charge on any atom is 0.256 e. The lowest BCUT2D eigenvalue weighted by Gasteiger charge is -2.29. The van der Waals surface area contributed by atoms with Gasteiger partial charge in [-0.15, -0.1) is 0 Å². The van der Waals surface area contributed by atoms with E-state index in [4.69, 9.17) is 4.98 Å². The highest BCUT2D eigenvalue weighted by atomic mass is 16.2. The number of hydrogen-bond donors (Lipinski definition) is 2. The normalized spacial score (nSPS) is 13.6. The Morgan fingerprint density at radius 3 is 2.65 bits per heavy atom. The first-order valence-corrected chi connectivity index (χ1v) is 10.8. The monoisotopic (exact) mass is 416 g/mol. The van der Waals surface area contributed by atoms with Crippen molar-refractivity contribution in [1.29, 1.82) is 0 Å². The molecule has 4 rings (SSSR count). The summed E-state index contributed by atoms with van der Waals surface area (Å²) < 4.78 is 0. The number of benzene rings is 2. The molecule has 1 aromatic heterocycles. The van der Waals surface area contributed by atoms with Gasteiger partial charge < -0.3 is 10.6 Å². The van der Waals surface area contributed by atoms with Crippen LogP contribution < -0.4 is 10.6 Å². The van der Waals surface area contributed by atoms with Gasteiger partial charge >= 0.3 is 0 Å². The van der Waals surface area contributed by atoms with Crippen LogP contribution in [0.5, 0.6) is 0 Å². The van der Waals surface area contributed by atoms with Crippen LogP contribution in [0.4, 0.5) is 11.4 Å². The third-order valence-electron chi connectivity index (χ3n) is 5.86. The zero-order chi connectivity index (χ0) is 22.0. The fourth-order valence-electron chi connectivity index (χ4n) is 4.24. The largest absolute Gasteiger partial charge is 0.326 e. The Balaban J connectivity index is 1.79. The van der Waals surface area contributed by atoms with E-state index in [1.165, 1.54) is 6.92 Å². The van der Waals surface area contributed by atoms with Crippen LogP contribution in [-0.4, -0.2) is 34.8 Å². The SMILES string of the molecule is CCc1ccc(NC(C)=O)cc1NC(=O)c1c2c(nc3ccccc13)CCN(CC)C2. The lowest BCUT2D eigenvalue weighted by Crippen LogP contribution is -2.33. The van der Waals surface area contributed by atoms with Crippen molar-refractivity contribution in [1.82, 2.24) is 9.88 Å². The van der Waals surface area contributed by atoms with Crippen LogP contribution in [0, 0.1) is 0 Å². The van der Waals surface area contributed by atoms with E-state index in [0.717, 1.165) is 65.9 Å². The quantitative estimate of drug-likeness (QED) is 0.647. The van der Waals surface area contributed by atoms with Gasteiger partial charge in [0.25, 0.3) is 5.91 Å². The molecule has 2 heterocycles. The Labute approximate surface area is 182 Å². The molecule has 1 aliphatic heterocycles. The summed E-state index contributed by atoms with van der Waals surface area (Å²) in [5.74, 6) is -0.280. The minimum atomic E-state index is -0.143. The second-order valence-corrected chi connectivity index (χ2v) is 7.91. The van der Waals surface area contributed by atoms with E-state index in [9.17, 15) is 9.59 Å². The number of pyridine rings is 1. The molecule has 0 saturated carbocycles. The first-order valence-electron chi connectivity index (χ1n) is 10.8. The fourth-order valence-corrected chi connectivity index (χ4v) is 4.24. The summed E-state index contributed by atoms with van der Waals surface area (Å²) in [4.78, 5) is 32.3. The molecule has 3 aromatic rings. The summed E-state index contributed by atoms with van der Waals surface area (Å²) in [6.07, 6.45) is 1.61. The van der Waals surface area contributed by atoms with E-state index in [-0.39, 0.29) is 11.8 Å². The molecule has 0 fully saturated rings. The van der Waals surface area contributed by atoms with Crippen LogP contribution in [0.3, 0.4) is 0 Å². The van der Waals surface area contributed by atoms with Gasteiger partial charge in [-0.05, 0) is 36.7 Å². The number of carbonyl (C=O) groups excluding carboxylic acids is 2. The van der Waals surface area contributed by atoms with Crippen molar-refractivity contribution in [3.8, 4) is 0 Å². The first kappa shape index (κ1) is 21.0. The van der Waals surface area contributed by atoms with Crippen LogP contribution >= 0.6 is 0 Å². The molecular formula is C25H28N4O2. The van der Waals surface area contributed by atoms with Gasteiger partial charge in [-0.1, -0.05) is 38.1 Å². The maximum absolute atomic E-state index is 13.7. The van der Waals surface area contributed by atoms with Crippen molar-refractivity contribution in [3.05, 3.63) is 64.8 Å². The molecule has 31 heavy (non-hydrogen) atoms. The van der Waals surface area contributed by atoms with Crippen LogP contribution in [0.15, 0.2) is 42.5 Å². The molecule has 0 unspecified atom stereocenters. The zero-order valence-corrected chi connectivity index (χ0v) is 18.3. The Morgan fingerprint density at radius 1 is 1.10 bits per heavy atom. The number of amides is 2. The molecule has 1 aliphatic rings. The Morgan fingerprint density at radius 2 is 1.90 bits per heavy atom. The molecule has 0 atom stereocenters. The van der Waals surface area contributed by atoms with Crippen molar-refractivity contribution in [2.24, 2.45) is 0 Å². The molecule has 0 aliphatic carbocycles. The number of aryl methyl sites for hydroxylation is 1. The Hall–Kier alpha value is -3.25. The van der Waals surface area contributed by atoms with E-state index >= 15 is 0 Å². The highest BCUT2D eigenvalue weighted by Crippen LogP contribution is 2.30. The van der Waals surface area contributed by atoms with Crippen LogP contribution in [0.25, 0.3) is 10.9 Å². The average molecular weight is 417 g/mol. The minimum Gasteiger partial charge on any atom is -0.326 e. The zero-order valence-electron chi connectivity index (χ0n) is 18.3. The molecule has 160 valence electrons. The third kappa shape index (κ3) is 4.30. The number of rotatable bonds is 5. The molecule has 0 spiro atoms. The molecule has 2 aromatic carbocycles. The predicted octanol–water partition coefficient (Wildman–Crippen LogP) is 4.39. The van der Waals surface area contributed by atoms with Crippen LogP contribution in [0.1, 0.15) is 48.0 Å². The number of carbonyl (C=O) groups is 2. The van der Waals surface area contributed by atoms with E-state index in [0.29, 0.717) is 11.3 Å². The molecular weight excluding hydrogens is 388 g/mol. The molecule has 0 saturated heterocycles. The molecule has 0 bridgehead atoms. The van der Waals surface area contributed by atoms with E-state index < -0.39 is 0 Å². The highest BCUT2D eigenvalue weighted by molar-refractivity contribution is 6.14. The second-order valence-electron chi connectivity index (χ2n) is 7.91. The summed E-state index contributed by atoms with van der Waals surface area (Å²) in [6.45, 7) is 8.27. The number of fused-ring (bicyclic) bond motifs is 2. The number of nitrogens with one attached hydrogen (secondary N) is 2. The molecule has 2 amide bonds. The predicted molar refractivity (Wildman–Crippen MR) is 124 cm³/mol. The van der Waals surface area contributed by atoms with Gasteiger partial charge in [0.1, 0.15) is 0 Å². The van der Waals surface area contributed by atoms with Gasteiger partial charge in [0.15, 0.2) is 0 Å². The summed E-state index contributed by atoms with van der Waals surface area (Å²) >= 11 is 0. The van der Waals surface area contributed by atoms with Crippen molar-refractivity contribution in [3.63, 3.8) is 0 Å². The van der Waals surface area contributed by atoms with Gasteiger partial charge in [-0.2, -0.15) is 0 Å². The number of likely N-dealkylation sites (N-methyl/N-ethyl adjacent to an activating group) is 1. The summed E-state index contributed by atoms with van der Waals surface area (Å²) in [7, 11) is 0. The highest BCUT2D eigenvalue weighted by Gasteiger charge is 2.25. The third-order valence-corrected chi connectivity index (χ3v) is 5.86. The number of para-hydroxylation sites is 1. The van der Waals surface area contributed by atoms with Gasteiger partial charge in [0.05, 0.1) is 11.1 Å². The van der Waals surface area contributed by atoms with Gasteiger partial charge in [-0.25, -0.2) is 0 Å². The fraction of sp³-hybridized carbons (Fsp3) is 0.320. The summed E-state index contributed by atoms with van der Waals surface area (Å²) in [6, 6.07) is 13.5. The van der Waals surface area contributed by atoms with Crippen molar-refractivity contribution >= 4 is 34.1 Å². The van der Waals surface area contributed by atoms with Crippen LogP contribution in [0.2, 0.25) is 0 Å². The smallest absolute Gasteiger partial charge is 0.256 e. The molecule has 6 nitrogen and oxygen atoms in total. The van der Waals surface area contributed by atoms with Gasteiger partial charge in [0, 0.05) is 54.5 Å². The lowest BCUT2D eigenvalue weighted by atomic mass is 9.95. The minimum absolute atomic E-state index is 0.137. The molecule has 0 radical (unpaired) electrons. The summed E-state index contributed by atoms with van der Waals surface area (Å²) in [5, 5.41) is 6.79. The van der Waals surface area contributed by atoms with Crippen molar-refractivity contribution < 1.29 is 9.59 Å². The van der Waals surface area contributed by atoms with E-state index in [2.05, 4.69) is 22.5 Å². The topological polar surface area (TPSA) is 74.3 Å². The summed E-state index contributed by atoms with van der Waals surface area (Å²) in [5.41, 5.74) is 5.97.